The van der Waals surface area contributed by atoms with Crippen molar-refractivity contribution in [2.24, 2.45) is 0 Å². The third-order valence-corrected chi connectivity index (χ3v) is 5.65. The quantitative estimate of drug-likeness (QED) is 0.856. The lowest BCUT2D eigenvalue weighted by Gasteiger charge is -2.24. The van der Waals surface area contributed by atoms with E-state index in [0.717, 1.165) is 5.56 Å². The average Bonchev–Trinajstić information content (AvgIpc) is 2.56. The molecule has 1 aliphatic heterocycles. The summed E-state index contributed by atoms with van der Waals surface area (Å²) in [7, 11) is -3.67. The molecule has 2 aromatic rings. The number of fused-ring (bicyclic) bond motifs is 1. The molecule has 0 bridgehead atoms. The maximum absolute atomic E-state index is 12.6. The molecule has 1 amide bonds. The van der Waals surface area contributed by atoms with Crippen molar-refractivity contribution in [1.29, 1.82) is 0 Å². The fraction of sp³-hybridized carbons (Fsp3) is 0.278. The maximum Gasteiger partial charge on any atom is 0.265 e. The maximum atomic E-state index is 12.6. The fourth-order valence-electron chi connectivity index (χ4n) is 2.68. The molecule has 0 aromatic heterocycles. The molecule has 2 N–H and O–H groups in total. The summed E-state index contributed by atoms with van der Waals surface area (Å²) in [6.45, 7) is 3.61. The summed E-state index contributed by atoms with van der Waals surface area (Å²) in [5, 5.41) is 2.71. The Morgan fingerprint density at radius 1 is 1.20 bits per heavy atom. The molecule has 1 atom stereocenters. The van der Waals surface area contributed by atoms with Crippen LogP contribution >= 0.6 is 0 Å². The number of carbonyl (C=O) groups is 1. The van der Waals surface area contributed by atoms with Crippen molar-refractivity contribution in [2.75, 3.05) is 11.9 Å². The minimum Gasteiger partial charge on any atom is -0.479 e. The summed E-state index contributed by atoms with van der Waals surface area (Å²) in [5.74, 6) is 0.115. The molecule has 1 heterocycles. The van der Waals surface area contributed by atoms with Gasteiger partial charge < -0.3 is 10.1 Å². The van der Waals surface area contributed by atoms with Crippen LogP contribution < -0.4 is 14.8 Å². The van der Waals surface area contributed by atoms with Crippen molar-refractivity contribution in [1.82, 2.24) is 4.72 Å². The van der Waals surface area contributed by atoms with E-state index in [0.29, 0.717) is 30.0 Å². The highest BCUT2D eigenvalue weighted by Crippen LogP contribution is 2.34. The van der Waals surface area contributed by atoms with Crippen LogP contribution in [0.4, 0.5) is 5.69 Å². The Hall–Kier alpha value is -2.38. The largest absolute Gasteiger partial charge is 0.479 e. The summed E-state index contributed by atoms with van der Waals surface area (Å²) in [5.41, 5.74) is 2.10. The van der Waals surface area contributed by atoms with Crippen LogP contribution in [0.25, 0.3) is 0 Å². The molecule has 25 heavy (non-hydrogen) atoms. The van der Waals surface area contributed by atoms with Gasteiger partial charge in [-0.15, -0.1) is 0 Å². The molecular weight excluding hydrogens is 340 g/mol. The van der Waals surface area contributed by atoms with Crippen LogP contribution in [-0.4, -0.2) is 27.0 Å². The number of aryl methyl sites for hydroxylation is 1. The van der Waals surface area contributed by atoms with Crippen LogP contribution in [0.3, 0.4) is 0 Å². The number of hydrogen-bond donors (Lipinski definition) is 2. The first-order chi connectivity index (χ1) is 11.9. The predicted molar refractivity (Wildman–Crippen MR) is 95.2 cm³/mol. The first kappa shape index (κ1) is 17.4. The van der Waals surface area contributed by atoms with Crippen LogP contribution in [0.15, 0.2) is 47.4 Å². The van der Waals surface area contributed by atoms with E-state index in [1.807, 2.05) is 30.3 Å². The highest BCUT2D eigenvalue weighted by molar-refractivity contribution is 7.89. The van der Waals surface area contributed by atoms with Gasteiger partial charge in [0.2, 0.25) is 10.0 Å². The Morgan fingerprint density at radius 3 is 2.64 bits per heavy atom. The van der Waals surface area contributed by atoms with Gasteiger partial charge in [-0.05, 0) is 37.5 Å². The number of sulfonamides is 1. The molecule has 1 unspecified atom stereocenters. The number of carbonyl (C=O) groups excluding carboxylic acids is 1. The van der Waals surface area contributed by atoms with Gasteiger partial charge in [0.05, 0.1) is 10.6 Å². The third kappa shape index (κ3) is 3.83. The van der Waals surface area contributed by atoms with Crippen LogP contribution in [0, 0.1) is 6.92 Å². The van der Waals surface area contributed by atoms with E-state index in [-0.39, 0.29) is 10.8 Å². The van der Waals surface area contributed by atoms with E-state index in [1.165, 1.54) is 6.07 Å². The minimum atomic E-state index is -3.67. The minimum absolute atomic E-state index is 0.155. The standard InChI is InChI=1S/C18H20N2O4S/c1-12-10-15-16(24-13(2)18(21)20-15)11-17(12)25(22,23)19-9-8-14-6-4-3-5-7-14/h3-7,10-11,13,19H,8-9H2,1-2H3,(H,20,21). The molecule has 3 rings (SSSR count). The van der Waals surface area contributed by atoms with Crippen molar-refractivity contribution in [2.45, 2.75) is 31.3 Å². The number of ether oxygens (including phenoxy) is 1. The Balaban J connectivity index is 1.78. The molecule has 2 aromatic carbocycles. The Kier molecular flexibility index (Phi) is 4.78. The van der Waals surface area contributed by atoms with Crippen molar-refractivity contribution in [3.63, 3.8) is 0 Å². The van der Waals surface area contributed by atoms with Crippen molar-refractivity contribution in [3.05, 3.63) is 53.6 Å². The summed E-state index contributed by atoms with van der Waals surface area (Å²) >= 11 is 0. The number of hydrogen-bond acceptors (Lipinski definition) is 4. The number of benzene rings is 2. The number of rotatable bonds is 5. The SMILES string of the molecule is Cc1cc2c(cc1S(=O)(=O)NCCc1ccccc1)OC(C)C(=O)N2. The zero-order valence-corrected chi connectivity index (χ0v) is 14.9. The lowest BCUT2D eigenvalue weighted by atomic mass is 10.1. The summed E-state index contributed by atoms with van der Waals surface area (Å²) in [6.07, 6.45) is -0.0509. The summed E-state index contributed by atoms with van der Waals surface area (Å²) < 4.78 is 33.4. The third-order valence-electron chi connectivity index (χ3n) is 4.05. The molecule has 132 valence electrons. The van der Waals surface area contributed by atoms with Crippen molar-refractivity contribution >= 4 is 21.6 Å². The van der Waals surface area contributed by atoms with Crippen LogP contribution in [0.5, 0.6) is 5.75 Å². The van der Waals surface area contributed by atoms with Gasteiger partial charge in [-0.1, -0.05) is 30.3 Å². The summed E-state index contributed by atoms with van der Waals surface area (Å²) in [4.78, 5) is 11.8. The molecule has 0 saturated heterocycles. The molecular formula is C18H20N2O4S. The van der Waals surface area contributed by atoms with Crippen LogP contribution in [0.2, 0.25) is 0 Å². The lowest BCUT2D eigenvalue weighted by Crippen LogP contribution is -2.34. The molecule has 0 radical (unpaired) electrons. The highest BCUT2D eigenvalue weighted by atomic mass is 32.2. The fourth-order valence-corrected chi connectivity index (χ4v) is 3.96. The first-order valence-corrected chi connectivity index (χ1v) is 9.51. The van der Waals surface area contributed by atoms with Gasteiger partial charge >= 0.3 is 0 Å². The summed E-state index contributed by atoms with van der Waals surface area (Å²) in [6, 6.07) is 12.8. The van der Waals surface area contributed by atoms with Gasteiger partial charge in [0.1, 0.15) is 5.75 Å². The van der Waals surface area contributed by atoms with Crippen LogP contribution in [-0.2, 0) is 21.2 Å². The molecule has 0 fully saturated rings. The zero-order chi connectivity index (χ0) is 18.0. The molecule has 1 aliphatic rings. The van der Waals surface area contributed by atoms with E-state index in [2.05, 4.69) is 10.0 Å². The normalized spacial score (nSPS) is 16.7. The van der Waals surface area contributed by atoms with Gasteiger partial charge in [-0.2, -0.15) is 0 Å². The molecule has 7 heteroatoms. The number of amides is 1. The van der Waals surface area contributed by atoms with Gasteiger partial charge in [-0.3, -0.25) is 4.79 Å². The Labute approximate surface area is 147 Å². The first-order valence-electron chi connectivity index (χ1n) is 8.02. The topological polar surface area (TPSA) is 84.5 Å². The van der Waals surface area contributed by atoms with Gasteiger partial charge in [0.25, 0.3) is 5.91 Å². The number of nitrogens with one attached hydrogen (secondary N) is 2. The average molecular weight is 360 g/mol. The van der Waals surface area contributed by atoms with Gasteiger partial charge in [-0.25, -0.2) is 13.1 Å². The monoisotopic (exact) mass is 360 g/mol. The van der Waals surface area contributed by atoms with E-state index < -0.39 is 16.1 Å². The van der Waals surface area contributed by atoms with E-state index >= 15 is 0 Å². The lowest BCUT2D eigenvalue weighted by molar-refractivity contribution is -0.122. The Bertz CT molecular complexity index is 895. The second-order valence-electron chi connectivity index (χ2n) is 6.00. The van der Waals surface area contributed by atoms with E-state index in [9.17, 15) is 13.2 Å². The second-order valence-corrected chi connectivity index (χ2v) is 7.73. The Morgan fingerprint density at radius 2 is 1.92 bits per heavy atom. The van der Waals surface area contributed by atoms with Crippen LogP contribution in [0.1, 0.15) is 18.1 Å². The highest BCUT2D eigenvalue weighted by Gasteiger charge is 2.27. The molecule has 0 spiro atoms. The zero-order valence-electron chi connectivity index (χ0n) is 14.1. The number of anilines is 1. The van der Waals surface area contributed by atoms with Gasteiger partial charge in [0.15, 0.2) is 6.10 Å². The van der Waals surface area contributed by atoms with Crippen molar-refractivity contribution in [3.8, 4) is 5.75 Å². The van der Waals surface area contributed by atoms with Gasteiger partial charge in [0, 0.05) is 12.6 Å². The van der Waals surface area contributed by atoms with E-state index in [1.54, 1.807) is 19.9 Å². The van der Waals surface area contributed by atoms with Crippen molar-refractivity contribution < 1.29 is 17.9 Å². The molecule has 6 nitrogen and oxygen atoms in total. The smallest absolute Gasteiger partial charge is 0.265 e. The van der Waals surface area contributed by atoms with E-state index in [4.69, 9.17) is 4.74 Å². The second kappa shape index (κ2) is 6.85. The molecule has 0 saturated carbocycles. The molecule has 0 aliphatic carbocycles. The predicted octanol–water partition coefficient (Wildman–Crippen LogP) is 2.24.